The van der Waals surface area contributed by atoms with Crippen LogP contribution in [-0.2, 0) is 16.6 Å². The second kappa shape index (κ2) is 13.1. The summed E-state index contributed by atoms with van der Waals surface area (Å²) in [5, 5.41) is 0. The van der Waals surface area contributed by atoms with E-state index in [0.29, 0.717) is 12.0 Å². The Bertz CT molecular complexity index is 1750. The zero-order chi connectivity index (χ0) is 31.4. The summed E-state index contributed by atoms with van der Waals surface area (Å²) in [5.74, 6) is 0.105. The van der Waals surface area contributed by atoms with E-state index in [-0.39, 0.29) is 11.2 Å². The molecule has 1 fully saturated rings. The van der Waals surface area contributed by atoms with E-state index in [4.69, 9.17) is 0 Å². The number of anilines is 3. The fraction of sp³-hybridized carbons (Fsp3) is 0.233. The molecule has 5 aromatic carbocycles. The first-order valence-corrected chi connectivity index (χ1v) is 16.2. The summed E-state index contributed by atoms with van der Waals surface area (Å²) in [7, 11) is 0. The van der Waals surface area contributed by atoms with Crippen molar-refractivity contribution in [3.63, 3.8) is 0 Å². The maximum Gasteiger partial charge on any atom is 0.162 e. The minimum atomic E-state index is -0.0158. The molecule has 2 nitrogen and oxygen atoms in total. The van der Waals surface area contributed by atoms with Crippen molar-refractivity contribution in [3.8, 4) is 11.1 Å². The zero-order valence-corrected chi connectivity index (χ0v) is 26.9. The summed E-state index contributed by atoms with van der Waals surface area (Å²) in [4.78, 5) is 14.6. The van der Waals surface area contributed by atoms with Crippen molar-refractivity contribution >= 4 is 22.8 Å². The second-order valence-electron chi connectivity index (χ2n) is 12.9. The molecule has 0 radical (unpaired) electrons. The molecule has 0 atom stereocenters. The number of benzene rings is 5. The van der Waals surface area contributed by atoms with E-state index in [9.17, 15) is 4.79 Å². The van der Waals surface area contributed by atoms with Gasteiger partial charge in [0.25, 0.3) is 0 Å². The molecule has 5 aromatic rings. The van der Waals surface area contributed by atoms with Crippen molar-refractivity contribution in [1.82, 2.24) is 0 Å². The molecule has 226 valence electrons. The highest BCUT2D eigenvalue weighted by molar-refractivity contribution is 5.95. The number of allylic oxidation sites excluding steroid dienone is 1. The summed E-state index contributed by atoms with van der Waals surface area (Å²) in [6.07, 6.45) is 6.42. The molecule has 0 amide bonds. The lowest BCUT2D eigenvalue weighted by molar-refractivity contribution is -0.114. The van der Waals surface area contributed by atoms with Gasteiger partial charge in [0.05, 0.1) is 0 Å². The lowest BCUT2D eigenvalue weighted by Gasteiger charge is -2.39. The van der Waals surface area contributed by atoms with Gasteiger partial charge in [0.15, 0.2) is 5.78 Å². The van der Waals surface area contributed by atoms with Gasteiger partial charge in [-0.1, -0.05) is 122 Å². The van der Waals surface area contributed by atoms with Crippen LogP contribution in [0, 0.1) is 13.8 Å². The smallest absolute Gasteiger partial charge is 0.162 e. The molecule has 2 heteroatoms. The van der Waals surface area contributed by atoms with E-state index in [2.05, 4.69) is 147 Å². The van der Waals surface area contributed by atoms with E-state index >= 15 is 0 Å². The minimum absolute atomic E-state index is 0.0158. The number of hydrogen-bond donors (Lipinski definition) is 0. The zero-order valence-electron chi connectivity index (χ0n) is 26.9. The normalized spacial score (nSPS) is 14.1. The molecule has 0 spiro atoms. The van der Waals surface area contributed by atoms with Crippen molar-refractivity contribution in [2.45, 2.75) is 64.7 Å². The quantitative estimate of drug-likeness (QED) is 0.159. The highest BCUT2D eigenvalue weighted by atomic mass is 16.1. The molecule has 0 unspecified atom stereocenters. The molecule has 0 bridgehead atoms. The van der Waals surface area contributed by atoms with Crippen LogP contribution in [-0.4, -0.2) is 5.78 Å². The second-order valence-corrected chi connectivity index (χ2v) is 12.9. The Morgan fingerprint density at radius 3 is 1.49 bits per heavy atom. The predicted octanol–water partition coefficient (Wildman–Crippen LogP) is 11.4. The fourth-order valence-electron chi connectivity index (χ4n) is 6.80. The van der Waals surface area contributed by atoms with Crippen LogP contribution in [0.1, 0.15) is 66.8 Å². The number of carbonyl (C=O) groups excluding carboxylic acids is 1. The van der Waals surface area contributed by atoms with Crippen LogP contribution >= 0.6 is 0 Å². The van der Waals surface area contributed by atoms with Gasteiger partial charge in [-0.3, -0.25) is 4.79 Å². The van der Waals surface area contributed by atoms with E-state index in [0.717, 1.165) is 35.5 Å². The summed E-state index contributed by atoms with van der Waals surface area (Å²) in [5.41, 5.74) is 12.8. The largest absolute Gasteiger partial charge is 0.311 e. The standard InChI is InChI=1S/C43H43NO/c1-31(2)42(45)30-34-12-18-37(19-13-34)43(28-6-5-7-29-43)38-20-26-41(27-21-38)44(39-22-10-33(4)11-23-39)40-24-16-36(17-25-40)35-14-8-32(3)9-15-35/h8-27H,1,5-7,28-30H2,2-4H3. The molecule has 45 heavy (non-hydrogen) atoms. The van der Waals surface area contributed by atoms with Crippen LogP contribution in [0.2, 0.25) is 0 Å². The molecule has 0 N–H and O–H groups in total. The van der Waals surface area contributed by atoms with Crippen LogP contribution in [0.4, 0.5) is 17.1 Å². The first kappa shape index (κ1) is 30.3. The molecule has 1 saturated carbocycles. The van der Waals surface area contributed by atoms with E-state index in [1.807, 2.05) is 0 Å². The minimum Gasteiger partial charge on any atom is -0.311 e. The van der Waals surface area contributed by atoms with Gasteiger partial charge >= 0.3 is 0 Å². The number of hydrogen-bond acceptors (Lipinski definition) is 2. The van der Waals surface area contributed by atoms with E-state index in [1.54, 1.807) is 6.92 Å². The maximum absolute atomic E-state index is 12.3. The average molecular weight is 590 g/mol. The summed E-state index contributed by atoms with van der Waals surface area (Å²) < 4.78 is 0. The van der Waals surface area contributed by atoms with Crippen LogP contribution in [0.5, 0.6) is 0 Å². The van der Waals surface area contributed by atoms with Crippen molar-refractivity contribution in [3.05, 3.63) is 161 Å². The lowest BCUT2D eigenvalue weighted by Crippen LogP contribution is -2.30. The molecule has 1 aliphatic rings. The number of nitrogens with zero attached hydrogens (tertiary/aromatic N) is 1. The summed E-state index contributed by atoms with van der Waals surface area (Å²) >= 11 is 0. The number of aryl methyl sites for hydroxylation is 2. The van der Waals surface area contributed by atoms with Crippen LogP contribution in [0.15, 0.2) is 133 Å². The van der Waals surface area contributed by atoms with Crippen LogP contribution in [0.25, 0.3) is 11.1 Å². The van der Waals surface area contributed by atoms with Crippen molar-refractivity contribution in [1.29, 1.82) is 0 Å². The highest BCUT2D eigenvalue weighted by Crippen LogP contribution is 2.46. The average Bonchev–Trinajstić information content (AvgIpc) is 3.07. The number of carbonyl (C=O) groups is 1. The number of ketones is 1. The molecule has 0 aliphatic heterocycles. The molecule has 0 saturated heterocycles. The third-order valence-corrected chi connectivity index (χ3v) is 9.53. The number of rotatable bonds is 9. The van der Waals surface area contributed by atoms with Gasteiger partial charge in [-0.15, -0.1) is 0 Å². The van der Waals surface area contributed by atoms with Gasteiger partial charge in [0, 0.05) is 28.9 Å². The number of Topliss-reactive ketones (excluding diaryl/α,β-unsaturated/α-hetero) is 1. The Balaban J connectivity index is 1.34. The molecule has 1 aliphatic carbocycles. The van der Waals surface area contributed by atoms with Gasteiger partial charge in [-0.2, -0.15) is 0 Å². The summed E-state index contributed by atoms with van der Waals surface area (Å²) in [6, 6.07) is 44.5. The molecule has 0 heterocycles. The lowest BCUT2D eigenvalue weighted by atomic mass is 9.65. The van der Waals surface area contributed by atoms with E-state index in [1.165, 1.54) is 52.6 Å². The Labute approximate surface area is 269 Å². The van der Waals surface area contributed by atoms with E-state index < -0.39 is 0 Å². The first-order chi connectivity index (χ1) is 21.8. The molecule has 0 aromatic heterocycles. The molecular formula is C43H43NO. The van der Waals surface area contributed by atoms with Gasteiger partial charge in [0.1, 0.15) is 0 Å². The Hall–Kier alpha value is -4.69. The fourth-order valence-corrected chi connectivity index (χ4v) is 6.80. The monoisotopic (exact) mass is 589 g/mol. The Morgan fingerprint density at radius 1 is 0.600 bits per heavy atom. The Morgan fingerprint density at radius 2 is 1.00 bits per heavy atom. The van der Waals surface area contributed by atoms with Crippen molar-refractivity contribution in [2.75, 3.05) is 4.90 Å². The summed E-state index contributed by atoms with van der Waals surface area (Å²) in [6.45, 7) is 9.87. The van der Waals surface area contributed by atoms with Crippen molar-refractivity contribution in [2.24, 2.45) is 0 Å². The first-order valence-electron chi connectivity index (χ1n) is 16.2. The van der Waals surface area contributed by atoms with Gasteiger partial charge in [-0.05, 0) is 103 Å². The topological polar surface area (TPSA) is 20.3 Å². The predicted molar refractivity (Wildman–Crippen MR) is 190 cm³/mol. The van der Waals surface area contributed by atoms with Crippen molar-refractivity contribution < 1.29 is 4.79 Å². The van der Waals surface area contributed by atoms with Crippen LogP contribution < -0.4 is 4.90 Å². The third kappa shape index (κ3) is 6.56. The van der Waals surface area contributed by atoms with Crippen LogP contribution in [0.3, 0.4) is 0 Å². The Kier molecular flexibility index (Phi) is 8.85. The third-order valence-electron chi connectivity index (χ3n) is 9.53. The molecular weight excluding hydrogens is 546 g/mol. The van der Waals surface area contributed by atoms with Gasteiger partial charge in [0.2, 0.25) is 0 Å². The maximum atomic E-state index is 12.3. The SMILES string of the molecule is C=C(C)C(=O)Cc1ccc(C2(c3ccc(N(c4ccc(C)cc4)c4ccc(-c5ccc(C)cc5)cc4)cc3)CCCCC2)cc1. The molecule has 6 rings (SSSR count). The highest BCUT2D eigenvalue weighted by Gasteiger charge is 2.35. The van der Waals surface area contributed by atoms with Gasteiger partial charge in [-0.25, -0.2) is 0 Å². The van der Waals surface area contributed by atoms with Gasteiger partial charge < -0.3 is 4.90 Å².